The zero-order valence-corrected chi connectivity index (χ0v) is 13.5. The van der Waals surface area contributed by atoms with Gasteiger partial charge in [0, 0.05) is 33.5 Å². The zero-order chi connectivity index (χ0) is 15.5. The van der Waals surface area contributed by atoms with Crippen LogP contribution in [0.2, 0.25) is 0 Å². The van der Waals surface area contributed by atoms with Gasteiger partial charge in [0.2, 0.25) is 0 Å². The molecule has 0 aromatic carbocycles. The summed E-state index contributed by atoms with van der Waals surface area (Å²) < 4.78 is 48.2. The quantitative estimate of drug-likeness (QED) is 0.342. The molecule has 0 N–H and O–H groups in total. The fourth-order valence-corrected chi connectivity index (χ4v) is 2.59. The molecule has 8 heteroatoms. The molecule has 0 aliphatic heterocycles. The predicted molar refractivity (Wildman–Crippen MR) is 74.5 cm³/mol. The first-order valence-corrected chi connectivity index (χ1v) is 8.22. The van der Waals surface area contributed by atoms with E-state index in [0.717, 1.165) is 19.6 Å². The summed E-state index contributed by atoms with van der Waals surface area (Å²) in [6, 6.07) is 0. The summed E-state index contributed by atoms with van der Waals surface area (Å²) in [5, 5.41) is 0. The standard InChI is InChI=1S/C12H27NO6S/c1-17-9-6-13(7-10-18-2,8-11-19-3)5-4-12-20(14,15)16/h4-12H2,1-3H3. The zero-order valence-electron chi connectivity index (χ0n) is 12.7. The first kappa shape index (κ1) is 19.8. The highest BCUT2D eigenvalue weighted by Gasteiger charge is 2.26. The van der Waals surface area contributed by atoms with Gasteiger partial charge < -0.3 is 23.2 Å². The van der Waals surface area contributed by atoms with Crippen molar-refractivity contribution >= 4 is 10.1 Å². The Bertz CT molecular complexity index is 311. The SMILES string of the molecule is COCC[N+](CCCS(=O)(=O)[O-])(CCOC)CCOC. The molecular weight excluding hydrogens is 286 g/mol. The summed E-state index contributed by atoms with van der Waals surface area (Å²) in [6.45, 7) is 4.51. The van der Waals surface area contributed by atoms with Crippen LogP contribution < -0.4 is 0 Å². The van der Waals surface area contributed by atoms with Crippen molar-refractivity contribution in [2.75, 3.05) is 73.1 Å². The van der Waals surface area contributed by atoms with Gasteiger partial charge in [0.15, 0.2) is 0 Å². The molecule has 7 nitrogen and oxygen atoms in total. The molecule has 0 aliphatic rings. The van der Waals surface area contributed by atoms with E-state index in [0.29, 0.717) is 37.3 Å². The van der Waals surface area contributed by atoms with E-state index in [2.05, 4.69) is 0 Å². The molecule has 0 bridgehead atoms. The van der Waals surface area contributed by atoms with Crippen LogP contribution in [0.5, 0.6) is 0 Å². The molecule has 0 fully saturated rings. The van der Waals surface area contributed by atoms with E-state index < -0.39 is 10.1 Å². The van der Waals surface area contributed by atoms with Crippen molar-refractivity contribution in [3.8, 4) is 0 Å². The van der Waals surface area contributed by atoms with Crippen molar-refractivity contribution in [2.45, 2.75) is 6.42 Å². The molecule has 0 spiro atoms. The van der Waals surface area contributed by atoms with Gasteiger partial charge in [0.1, 0.15) is 19.6 Å². The lowest BCUT2D eigenvalue weighted by molar-refractivity contribution is -0.929. The highest BCUT2D eigenvalue weighted by molar-refractivity contribution is 7.85. The Morgan fingerprint density at radius 2 is 1.25 bits per heavy atom. The van der Waals surface area contributed by atoms with Crippen LogP contribution in [0.3, 0.4) is 0 Å². The lowest BCUT2D eigenvalue weighted by atomic mass is 10.2. The molecule has 0 heterocycles. The number of rotatable bonds is 13. The molecule has 0 saturated heterocycles. The van der Waals surface area contributed by atoms with Gasteiger partial charge >= 0.3 is 0 Å². The maximum Gasteiger partial charge on any atom is 0.103 e. The van der Waals surface area contributed by atoms with Gasteiger partial charge in [0.25, 0.3) is 0 Å². The maximum absolute atomic E-state index is 10.7. The van der Waals surface area contributed by atoms with E-state index in [1.807, 2.05) is 0 Å². The van der Waals surface area contributed by atoms with Gasteiger partial charge in [-0.2, -0.15) is 0 Å². The molecule has 122 valence electrons. The number of ether oxygens (including phenoxy) is 3. The van der Waals surface area contributed by atoms with Crippen LogP contribution in [-0.2, 0) is 24.3 Å². The van der Waals surface area contributed by atoms with Crippen LogP contribution in [0.1, 0.15) is 6.42 Å². The molecule has 0 rings (SSSR count). The minimum atomic E-state index is -4.16. The van der Waals surface area contributed by atoms with E-state index in [1.54, 1.807) is 21.3 Å². The second-order valence-corrected chi connectivity index (χ2v) is 6.35. The second-order valence-electron chi connectivity index (χ2n) is 4.83. The van der Waals surface area contributed by atoms with Gasteiger partial charge in [-0.3, -0.25) is 0 Å². The highest BCUT2D eigenvalue weighted by atomic mass is 32.2. The highest BCUT2D eigenvalue weighted by Crippen LogP contribution is 2.10. The van der Waals surface area contributed by atoms with Gasteiger partial charge in [-0.05, 0) is 0 Å². The predicted octanol–water partition coefficient (Wildman–Crippen LogP) is -0.322. The fourth-order valence-electron chi connectivity index (χ4n) is 2.10. The Morgan fingerprint density at radius 1 is 0.850 bits per heavy atom. The molecule has 0 saturated carbocycles. The van der Waals surface area contributed by atoms with Crippen molar-refractivity contribution in [2.24, 2.45) is 0 Å². The van der Waals surface area contributed by atoms with Crippen molar-refractivity contribution in [1.29, 1.82) is 0 Å². The Balaban J connectivity index is 4.65. The molecule has 20 heavy (non-hydrogen) atoms. The molecule has 0 aromatic heterocycles. The Hall–Kier alpha value is -0.250. The van der Waals surface area contributed by atoms with E-state index >= 15 is 0 Å². The van der Waals surface area contributed by atoms with Crippen LogP contribution >= 0.6 is 0 Å². The molecule has 0 aromatic rings. The minimum absolute atomic E-state index is 0.333. The number of hydrogen-bond acceptors (Lipinski definition) is 6. The van der Waals surface area contributed by atoms with E-state index in [4.69, 9.17) is 14.2 Å². The van der Waals surface area contributed by atoms with Gasteiger partial charge in [0.05, 0.1) is 36.5 Å². The molecule has 0 radical (unpaired) electrons. The lowest BCUT2D eigenvalue weighted by Gasteiger charge is -2.38. The number of nitrogens with zero attached hydrogens (tertiary/aromatic N) is 1. The van der Waals surface area contributed by atoms with Crippen LogP contribution in [0.15, 0.2) is 0 Å². The summed E-state index contributed by atoms with van der Waals surface area (Å²) in [7, 11) is 0.723. The average molecular weight is 313 g/mol. The fraction of sp³-hybridized carbons (Fsp3) is 1.00. The van der Waals surface area contributed by atoms with Crippen LogP contribution in [-0.4, -0.2) is 90.5 Å². The molecule has 0 aliphatic carbocycles. The third kappa shape index (κ3) is 9.62. The number of hydrogen-bond donors (Lipinski definition) is 0. The van der Waals surface area contributed by atoms with Crippen molar-refractivity contribution in [1.82, 2.24) is 0 Å². The maximum atomic E-state index is 10.7. The minimum Gasteiger partial charge on any atom is -0.748 e. The topological polar surface area (TPSA) is 84.9 Å². The van der Waals surface area contributed by atoms with Gasteiger partial charge in [-0.15, -0.1) is 0 Å². The van der Waals surface area contributed by atoms with Gasteiger partial charge in [-0.1, -0.05) is 0 Å². The smallest absolute Gasteiger partial charge is 0.103 e. The van der Waals surface area contributed by atoms with E-state index in [-0.39, 0.29) is 5.75 Å². The normalized spacial score (nSPS) is 12.8. The molecule has 0 unspecified atom stereocenters. The Kier molecular flexibility index (Phi) is 10.3. The van der Waals surface area contributed by atoms with Crippen LogP contribution in [0.25, 0.3) is 0 Å². The summed E-state index contributed by atoms with van der Waals surface area (Å²) in [5.41, 5.74) is 0. The summed E-state index contributed by atoms with van der Waals surface area (Å²) in [4.78, 5) is 0. The second kappa shape index (κ2) is 10.5. The van der Waals surface area contributed by atoms with Crippen molar-refractivity contribution in [3.05, 3.63) is 0 Å². The number of quaternary nitrogens is 1. The lowest BCUT2D eigenvalue weighted by Crippen LogP contribution is -2.54. The van der Waals surface area contributed by atoms with Crippen LogP contribution in [0, 0.1) is 0 Å². The van der Waals surface area contributed by atoms with Crippen LogP contribution in [0.4, 0.5) is 0 Å². The molecule has 0 atom stereocenters. The Labute approximate surface area is 122 Å². The van der Waals surface area contributed by atoms with Crippen molar-refractivity contribution < 1.29 is 31.7 Å². The summed E-state index contributed by atoms with van der Waals surface area (Å²) in [5.74, 6) is -0.333. The summed E-state index contributed by atoms with van der Waals surface area (Å²) >= 11 is 0. The first-order chi connectivity index (χ1) is 9.39. The van der Waals surface area contributed by atoms with Gasteiger partial charge in [-0.25, -0.2) is 8.42 Å². The largest absolute Gasteiger partial charge is 0.748 e. The first-order valence-electron chi connectivity index (χ1n) is 6.64. The third-order valence-electron chi connectivity index (χ3n) is 3.34. The average Bonchev–Trinajstić information content (AvgIpc) is 2.38. The van der Waals surface area contributed by atoms with E-state index in [1.165, 1.54) is 0 Å². The molecular formula is C12H27NO6S. The number of methoxy groups -OCH3 is 3. The van der Waals surface area contributed by atoms with Crippen molar-refractivity contribution in [3.63, 3.8) is 0 Å². The Morgan fingerprint density at radius 3 is 1.55 bits per heavy atom. The summed E-state index contributed by atoms with van der Waals surface area (Å²) in [6.07, 6.45) is 0.336. The molecule has 0 amide bonds. The third-order valence-corrected chi connectivity index (χ3v) is 4.12. The monoisotopic (exact) mass is 313 g/mol. The van der Waals surface area contributed by atoms with E-state index in [9.17, 15) is 13.0 Å².